The summed E-state index contributed by atoms with van der Waals surface area (Å²) in [5, 5.41) is 16.1. The molecule has 9 heteroatoms. The van der Waals surface area contributed by atoms with Crippen molar-refractivity contribution in [1.29, 1.82) is 0 Å². The van der Waals surface area contributed by atoms with Crippen LogP contribution >= 0.6 is 0 Å². The molecular weight excluding hydrogens is 352 g/mol. The summed E-state index contributed by atoms with van der Waals surface area (Å²) in [4.78, 5) is 36.3. The molecule has 3 amide bonds. The molecule has 0 bridgehead atoms. The van der Waals surface area contributed by atoms with Crippen LogP contribution in [0.4, 0.5) is 21.9 Å². The van der Waals surface area contributed by atoms with Crippen molar-refractivity contribution in [3.05, 3.63) is 58.6 Å². The Balaban J connectivity index is 1.61. The molecule has 2 N–H and O–H groups in total. The fourth-order valence-corrected chi connectivity index (χ4v) is 2.88. The molecule has 0 saturated carbocycles. The summed E-state index contributed by atoms with van der Waals surface area (Å²) >= 11 is 0. The number of hydrogen-bond donors (Lipinski definition) is 2. The molecular formula is C18H18N4O5. The van der Waals surface area contributed by atoms with Crippen LogP contribution < -0.4 is 20.3 Å². The van der Waals surface area contributed by atoms with E-state index in [-0.39, 0.29) is 24.1 Å². The fraction of sp³-hybridized carbons (Fsp3) is 0.222. The summed E-state index contributed by atoms with van der Waals surface area (Å²) in [6.07, 6.45) is 0.166. The number of nitro benzene ring substituents is 1. The first-order chi connectivity index (χ1) is 13.0. The number of nitrogens with zero attached hydrogens (tertiary/aromatic N) is 2. The largest absolute Gasteiger partial charge is 0.497 e. The summed E-state index contributed by atoms with van der Waals surface area (Å²) in [6.45, 7) is 0.328. The van der Waals surface area contributed by atoms with Gasteiger partial charge in [0.15, 0.2) is 0 Å². The second-order valence-electron chi connectivity index (χ2n) is 6.01. The number of nitro groups is 1. The number of amides is 3. The van der Waals surface area contributed by atoms with Gasteiger partial charge in [0.2, 0.25) is 5.91 Å². The van der Waals surface area contributed by atoms with Crippen molar-refractivity contribution in [3.63, 3.8) is 0 Å². The van der Waals surface area contributed by atoms with Crippen molar-refractivity contribution in [3.8, 4) is 5.75 Å². The lowest BCUT2D eigenvalue weighted by Crippen LogP contribution is -2.39. The van der Waals surface area contributed by atoms with Crippen LogP contribution in [-0.2, 0) is 4.79 Å². The lowest BCUT2D eigenvalue weighted by atomic mass is 10.2. The highest BCUT2D eigenvalue weighted by Crippen LogP contribution is 2.25. The molecule has 1 aliphatic rings. The number of nitrogens with one attached hydrogen (secondary N) is 2. The number of benzene rings is 2. The molecule has 1 saturated heterocycles. The standard InChI is InChI=1S/C18H18N4O5/c1-27-16-7-3-5-14(10-16)21-11-13(9-17(21)23)20-18(24)19-12-4-2-6-15(8-12)22(25)26/h2-8,10,13H,9,11H2,1H3,(H2,19,20,24). The van der Waals surface area contributed by atoms with Gasteiger partial charge in [-0.25, -0.2) is 4.79 Å². The van der Waals surface area contributed by atoms with Crippen molar-refractivity contribution in [2.45, 2.75) is 12.5 Å². The van der Waals surface area contributed by atoms with Crippen molar-refractivity contribution in [2.24, 2.45) is 0 Å². The minimum atomic E-state index is -0.537. The average molecular weight is 370 g/mol. The lowest BCUT2D eigenvalue weighted by molar-refractivity contribution is -0.384. The normalized spacial score (nSPS) is 16.1. The first kappa shape index (κ1) is 18.2. The molecule has 1 heterocycles. The monoisotopic (exact) mass is 370 g/mol. The van der Waals surface area contributed by atoms with Gasteiger partial charge in [-0.2, -0.15) is 0 Å². The van der Waals surface area contributed by atoms with Crippen molar-refractivity contribution < 1.29 is 19.2 Å². The van der Waals surface area contributed by atoms with E-state index in [4.69, 9.17) is 4.74 Å². The van der Waals surface area contributed by atoms with E-state index in [1.54, 1.807) is 42.3 Å². The summed E-state index contributed by atoms with van der Waals surface area (Å²) in [7, 11) is 1.55. The molecule has 9 nitrogen and oxygen atoms in total. The van der Waals surface area contributed by atoms with E-state index in [0.717, 1.165) is 0 Å². The Labute approximate surface area is 155 Å². The third kappa shape index (κ3) is 4.32. The van der Waals surface area contributed by atoms with E-state index in [1.807, 2.05) is 0 Å². The van der Waals surface area contributed by atoms with Gasteiger partial charge in [0.25, 0.3) is 5.69 Å². The summed E-state index contributed by atoms with van der Waals surface area (Å²) in [5.74, 6) is 0.532. The number of non-ortho nitro benzene ring substituents is 1. The first-order valence-electron chi connectivity index (χ1n) is 8.22. The second kappa shape index (κ2) is 7.73. The number of rotatable bonds is 5. The molecule has 0 aliphatic carbocycles. The van der Waals surface area contributed by atoms with Crippen LogP contribution in [0.25, 0.3) is 0 Å². The smallest absolute Gasteiger partial charge is 0.319 e. The highest BCUT2D eigenvalue weighted by atomic mass is 16.6. The van der Waals surface area contributed by atoms with Gasteiger partial charge in [0.05, 0.1) is 18.1 Å². The Bertz CT molecular complexity index is 886. The Kier molecular flexibility index (Phi) is 5.20. The quantitative estimate of drug-likeness (QED) is 0.620. The Morgan fingerprint density at radius 2 is 2.04 bits per heavy atom. The zero-order valence-corrected chi connectivity index (χ0v) is 14.5. The molecule has 3 rings (SSSR count). The van der Waals surface area contributed by atoms with Crippen LogP contribution in [0, 0.1) is 10.1 Å². The number of hydrogen-bond acceptors (Lipinski definition) is 5. The molecule has 0 radical (unpaired) electrons. The minimum Gasteiger partial charge on any atom is -0.497 e. The zero-order chi connectivity index (χ0) is 19.4. The topological polar surface area (TPSA) is 114 Å². The van der Waals surface area contributed by atoms with Gasteiger partial charge >= 0.3 is 6.03 Å². The zero-order valence-electron chi connectivity index (χ0n) is 14.5. The molecule has 2 aromatic rings. The number of methoxy groups -OCH3 is 1. The predicted octanol–water partition coefficient (Wildman–Crippen LogP) is 2.53. The molecule has 1 atom stereocenters. The second-order valence-corrected chi connectivity index (χ2v) is 6.01. The van der Waals surface area contributed by atoms with Gasteiger partial charge in [-0.1, -0.05) is 12.1 Å². The third-order valence-electron chi connectivity index (χ3n) is 4.14. The van der Waals surface area contributed by atoms with Gasteiger partial charge in [-0.15, -0.1) is 0 Å². The van der Waals surface area contributed by atoms with E-state index >= 15 is 0 Å². The molecule has 1 unspecified atom stereocenters. The Hall–Kier alpha value is -3.62. The maximum absolute atomic E-state index is 12.3. The van der Waals surface area contributed by atoms with Gasteiger partial charge in [0, 0.05) is 42.5 Å². The van der Waals surface area contributed by atoms with Gasteiger partial charge in [-0.3, -0.25) is 14.9 Å². The molecule has 0 spiro atoms. The van der Waals surface area contributed by atoms with Crippen molar-refractivity contribution >= 4 is 29.0 Å². The van der Waals surface area contributed by atoms with Crippen LogP contribution in [0.2, 0.25) is 0 Å². The molecule has 0 aromatic heterocycles. The van der Waals surface area contributed by atoms with Crippen LogP contribution in [-0.4, -0.2) is 36.6 Å². The van der Waals surface area contributed by atoms with Crippen LogP contribution in [0.5, 0.6) is 5.75 Å². The maximum atomic E-state index is 12.3. The van der Waals surface area contributed by atoms with E-state index in [2.05, 4.69) is 10.6 Å². The van der Waals surface area contributed by atoms with Crippen molar-refractivity contribution in [2.75, 3.05) is 23.9 Å². The minimum absolute atomic E-state index is 0.107. The molecule has 140 valence electrons. The SMILES string of the molecule is COc1cccc(N2CC(NC(=O)Nc3cccc([N+](=O)[O-])c3)CC2=O)c1. The molecule has 1 aliphatic heterocycles. The summed E-state index contributed by atoms with van der Waals surface area (Å²) in [5.41, 5.74) is 0.881. The third-order valence-corrected chi connectivity index (χ3v) is 4.14. The van der Waals surface area contributed by atoms with E-state index < -0.39 is 11.0 Å². The van der Waals surface area contributed by atoms with E-state index in [9.17, 15) is 19.7 Å². The number of anilines is 2. The van der Waals surface area contributed by atoms with Crippen molar-refractivity contribution in [1.82, 2.24) is 5.32 Å². The number of urea groups is 1. The lowest BCUT2D eigenvalue weighted by Gasteiger charge is -2.18. The Morgan fingerprint density at radius 1 is 1.26 bits per heavy atom. The van der Waals surface area contributed by atoms with E-state index in [1.165, 1.54) is 18.2 Å². The predicted molar refractivity (Wildman–Crippen MR) is 99.0 cm³/mol. The number of ether oxygens (including phenoxy) is 1. The fourth-order valence-electron chi connectivity index (χ4n) is 2.88. The highest BCUT2D eigenvalue weighted by Gasteiger charge is 2.31. The van der Waals surface area contributed by atoms with Gasteiger partial charge < -0.3 is 20.3 Å². The van der Waals surface area contributed by atoms with E-state index in [0.29, 0.717) is 23.7 Å². The van der Waals surface area contributed by atoms with Crippen LogP contribution in [0.1, 0.15) is 6.42 Å². The van der Waals surface area contributed by atoms with Gasteiger partial charge in [0.1, 0.15) is 5.75 Å². The van der Waals surface area contributed by atoms with Gasteiger partial charge in [-0.05, 0) is 18.2 Å². The average Bonchev–Trinajstić information content (AvgIpc) is 3.01. The highest BCUT2D eigenvalue weighted by molar-refractivity contribution is 5.97. The van der Waals surface area contributed by atoms with Crippen LogP contribution in [0.3, 0.4) is 0 Å². The summed E-state index contributed by atoms with van der Waals surface area (Å²) < 4.78 is 5.17. The number of carbonyl (C=O) groups is 2. The summed E-state index contributed by atoms with van der Waals surface area (Å²) in [6, 6.07) is 11.9. The Morgan fingerprint density at radius 3 is 2.78 bits per heavy atom. The van der Waals surface area contributed by atoms with Crippen LogP contribution in [0.15, 0.2) is 48.5 Å². The number of carbonyl (C=O) groups excluding carboxylic acids is 2. The molecule has 1 fully saturated rings. The first-order valence-corrected chi connectivity index (χ1v) is 8.22. The molecule has 2 aromatic carbocycles. The maximum Gasteiger partial charge on any atom is 0.319 e. The molecule has 27 heavy (non-hydrogen) atoms.